The predicted octanol–water partition coefficient (Wildman–Crippen LogP) is 1.40. The molecule has 1 aliphatic heterocycles. The van der Waals surface area contributed by atoms with E-state index >= 15 is 0 Å². The van der Waals surface area contributed by atoms with Gasteiger partial charge in [0.15, 0.2) is 0 Å². The molecular formula is C13H18N2O6S. The Bertz CT molecular complexity index is 675. The molecule has 0 spiro atoms. The number of nitro benzene ring substituents is 1. The van der Waals surface area contributed by atoms with Crippen molar-refractivity contribution in [1.29, 1.82) is 0 Å². The summed E-state index contributed by atoms with van der Waals surface area (Å²) in [7, 11) is -2.54. The van der Waals surface area contributed by atoms with Crippen LogP contribution in [-0.2, 0) is 14.8 Å². The number of nitro groups is 1. The molecule has 0 N–H and O–H groups in total. The minimum Gasteiger partial charge on any atom is -0.495 e. The van der Waals surface area contributed by atoms with E-state index in [2.05, 4.69) is 0 Å². The Kier molecular flexibility index (Phi) is 4.69. The molecule has 22 heavy (non-hydrogen) atoms. The number of ether oxygens (including phenoxy) is 2. The molecule has 0 bridgehead atoms. The maximum absolute atomic E-state index is 12.8. The van der Waals surface area contributed by atoms with Gasteiger partial charge in [-0.05, 0) is 19.9 Å². The van der Waals surface area contributed by atoms with Gasteiger partial charge in [0.25, 0.3) is 5.69 Å². The van der Waals surface area contributed by atoms with Gasteiger partial charge in [0.1, 0.15) is 10.6 Å². The fraction of sp³-hybridized carbons (Fsp3) is 0.538. The van der Waals surface area contributed by atoms with Gasteiger partial charge in [-0.1, -0.05) is 0 Å². The molecule has 1 aromatic carbocycles. The first-order valence-electron chi connectivity index (χ1n) is 6.73. The first-order valence-corrected chi connectivity index (χ1v) is 8.17. The fourth-order valence-corrected chi connectivity index (χ4v) is 4.15. The van der Waals surface area contributed by atoms with Crippen molar-refractivity contribution in [2.75, 3.05) is 20.3 Å². The topological polar surface area (TPSA) is 99.0 Å². The summed E-state index contributed by atoms with van der Waals surface area (Å²) in [6.45, 7) is 4.07. The minimum absolute atomic E-state index is 0.0412. The van der Waals surface area contributed by atoms with Gasteiger partial charge in [0.05, 0.1) is 30.8 Å². The Balaban J connectivity index is 2.46. The standard InChI is InChI=1S/C13H18N2O6S/c1-9-8-21-10(2)7-14(9)22(18,19)13-5-4-11(15(16)17)6-12(13)20-3/h4-6,9-10H,7-8H2,1-3H3/t9-,10-/m1/s1. The maximum atomic E-state index is 12.8. The summed E-state index contributed by atoms with van der Waals surface area (Å²) in [4.78, 5) is 10.1. The van der Waals surface area contributed by atoms with Crippen molar-refractivity contribution >= 4 is 15.7 Å². The summed E-state index contributed by atoms with van der Waals surface area (Å²) in [6, 6.07) is 3.16. The van der Waals surface area contributed by atoms with Crippen LogP contribution in [0.25, 0.3) is 0 Å². The van der Waals surface area contributed by atoms with Crippen molar-refractivity contribution in [3.63, 3.8) is 0 Å². The van der Waals surface area contributed by atoms with E-state index in [1.165, 1.54) is 17.5 Å². The highest BCUT2D eigenvalue weighted by Gasteiger charge is 2.36. The predicted molar refractivity (Wildman–Crippen MR) is 78.4 cm³/mol. The van der Waals surface area contributed by atoms with E-state index in [-0.39, 0.29) is 35.0 Å². The highest BCUT2D eigenvalue weighted by Crippen LogP contribution is 2.32. The van der Waals surface area contributed by atoms with Crippen LogP contribution in [0.2, 0.25) is 0 Å². The maximum Gasteiger partial charge on any atom is 0.273 e. The zero-order chi connectivity index (χ0) is 16.5. The number of hydrogen-bond acceptors (Lipinski definition) is 6. The van der Waals surface area contributed by atoms with Crippen LogP contribution in [0.3, 0.4) is 0 Å². The minimum atomic E-state index is -3.82. The zero-order valence-electron chi connectivity index (χ0n) is 12.6. The van der Waals surface area contributed by atoms with Crippen LogP contribution in [0.4, 0.5) is 5.69 Å². The quantitative estimate of drug-likeness (QED) is 0.611. The molecule has 1 fully saturated rings. The highest BCUT2D eigenvalue weighted by molar-refractivity contribution is 7.89. The van der Waals surface area contributed by atoms with E-state index in [4.69, 9.17) is 9.47 Å². The van der Waals surface area contributed by atoms with Crippen LogP contribution < -0.4 is 4.74 Å². The number of non-ortho nitro benzene ring substituents is 1. The molecule has 0 aromatic heterocycles. The van der Waals surface area contributed by atoms with E-state index in [1.54, 1.807) is 13.8 Å². The molecule has 0 unspecified atom stereocenters. The monoisotopic (exact) mass is 330 g/mol. The van der Waals surface area contributed by atoms with Crippen LogP contribution >= 0.6 is 0 Å². The molecule has 122 valence electrons. The van der Waals surface area contributed by atoms with E-state index in [1.807, 2.05) is 0 Å². The van der Waals surface area contributed by atoms with Crippen molar-refractivity contribution in [2.24, 2.45) is 0 Å². The van der Waals surface area contributed by atoms with Gasteiger partial charge in [-0.3, -0.25) is 10.1 Å². The Morgan fingerprint density at radius 1 is 1.41 bits per heavy atom. The molecule has 8 nitrogen and oxygen atoms in total. The van der Waals surface area contributed by atoms with Crippen LogP contribution in [0.5, 0.6) is 5.75 Å². The summed E-state index contributed by atoms with van der Waals surface area (Å²) < 4.78 is 37.5. The average molecular weight is 330 g/mol. The Hall–Kier alpha value is -1.71. The third kappa shape index (κ3) is 3.06. The SMILES string of the molecule is COc1cc([N+](=O)[O-])ccc1S(=O)(=O)N1C[C@@H](C)OC[C@H]1C. The summed E-state index contributed by atoms with van der Waals surface area (Å²) in [5, 5.41) is 10.8. The second kappa shape index (κ2) is 6.19. The molecule has 1 aliphatic rings. The molecule has 1 aromatic rings. The lowest BCUT2D eigenvalue weighted by Gasteiger charge is -2.35. The number of benzene rings is 1. The van der Waals surface area contributed by atoms with Crippen molar-refractivity contribution in [1.82, 2.24) is 4.31 Å². The molecular weight excluding hydrogens is 312 g/mol. The average Bonchev–Trinajstić information content (AvgIpc) is 2.48. The number of hydrogen-bond donors (Lipinski definition) is 0. The molecule has 0 aliphatic carbocycles. The third-order valence-electron chi connectivity index (χ3n) is 3.50. The molecule has 2 rings (SSSR count). The molecule has 0 radical (unpaired) electrons. The molecule has 0 saturated carbocycles. The van der Waals surface area contributed by atoms with Crippen molar-refractivity contribution < 1.29 is 22.8 Å². The molecule has 0 amide bonds. The van der Waals surface area contributed by atoms with E-state index in [0.29, 0.717) is 6.61 Å². The van der Waals surface area contributed by atoms with E-state index in [0.717, 1.165) is 12.1 Å². The van der Waals surface area contributed by atoms with Gasteiger partial charge in [0, 0.05) is 18.7 Å². The Morgan fingerprint density at radius 2 is 2.09 bits per heavy atom. The summed E-state index contributed by atoms with van der Waals surface area (Å²) in [5.41, 5.74) is -0.223. The second-order valence-electron chi connectivity index (χ2n) is 5.16. The Morgan fingerprint density at radius 3 is 2.68 bits per heavy atom. The van der Waals surface area contributed by atoms with Crippen molar-refractivity contribution in [3.8, 4) is 5.75 Å². The molecule has 1 heterocycles. The normalized spacial score (nSPS) is 23.2. The van der Waals surface area contributed by atoms with Gasteiger partial charge >= 0.3 is 0 Å². The number of nitrogens with zero attached hydrogens (tertiary/aromatic N) is 2. The number of rotatable bonds is 4. The van der Waals surface area contributed by atoms with Crippen LogP contribution in [0, 0.1) is 10.1 Å². The van der Waals surface area contributed by atoms with Crippen LogP contribution in [0.1, 0.15) is 13.8 Å². The van der Waals surface area contributed by atoms with Crippen molar-refractivity contribution in [2.45, 2.75) is 30.9 Å². The van der Waals surface area contributed by atoms with Crippen molar-refractivity contribution in [3.05, 3.63) is 28.3 Å². The highest BCUT2D eigenvalue weighted by atomic mass is 32.2. The van der Waals surface area contributed by atoms with E-state index in [9.17, 15) is 18.5 Å². The van der Waals surface area contributed by atoms with Gasteiger partial charge in [0.2, 0.25) is 10.0 Å². The number of sulfonamides is 1. The summed E-state index contributed by atoms with van der Waals surface area (Å²) in [6.07, 6.45) is -0.213. The smallest absolute Gasteiger partial charge is 0.273 e. The molecule has 1 saturated heterocycles. The molecule has 9 heteroatoms. The number of methoxy groups -OCH3 is 1. The van der Waals surface area contributed by atoms with Gasteiger partial charge in [-0.15, -0.1) is 0 Å². The fourth-order valence-electron chi connectivity index (χ4n) is 2.32. The molecule has 2 atom stereocenters. The number of morpholine rings is 1. The summed E-state index contributed by atoms with van der Waals surface area (Å²) >= 11 is 0. The lowest BCUT2D eigenvalue weighted by atomic mass is 10.2. The first kappa shape index (κ1) is 16.7. The lowest BCUT2D eigenvalue weighted by molar-refractivity contribution is -0.385. The largest absolute Gasteiger partial charge is 0.495 e. The van der Waals surface area contributed by atoms with Gasteiger partial charge < -0.3 is 9.47 Å². The van der Waals surface area contributed by atoms with Crippen LogP contribution in [-0.4, -0.2) is 50.1 Å². The third-order valence-corrected chi connectivity index (χ3v) is 5.51. The Labute approximate surface area is 128 Å². The second-order valence-corrected chi connectivity index (χ2v) is 7.02. The van der Waals surface area contributed by atoms with Gasteiger partial charge in [-0.2, -0.15) is 4.31 Å². The summed E-state index contributed by atoms with van der Waals surface area (Å²) in [5.74, 6) is -0.0412. The van der Waals surface area contributed by atoms with Crippen LogP contribution in [0.15, 0.2) is 23.1 Å². The zero-order valence-corrected chi connectivity index (χ0v) is 13.4. The first-order chi connectivity index (χ1) is 10.3. The lowest BCUT2D eigenvalue weighted by Crippen LogP contribution is -2.50. The van der Waals surface area contributed by atoms with E-state index < -0.39 is 14.9 Å². The van der Waals surface area contributed by atoms with Gasteiger partial charge in [-0.25, -0.2) is 8.42 Å².